The second kappa shape index (κ2) is 6.09. The van der Waals surface area contributed by atoms with Gasteiger partial charge in [0.15, 0.2) is 0 Å². The van der Waals surface area contributed by atoms with Crippen LogP contribution in [0.25, 0.3) is 0 Å². The van der Waals surface area contributed by atoms with Crippen LogP contribution in [0.15, 0.2) is 0 Å². The van der Waals surface area contributed by atoms with Crippen molar-refractivity contribution in [3.8, 4) is 0 Å². The number of hydrogen-bond acceptors (Lipinski definition) is 2. The normalized spacial score (nSPS) is 15.9. The lowest BCUT2D eigenvalue weighted by molar-refractivity contribution is 0.175. The van der Waals surface area contributed by atoms with Crippen LogP contribution in [0.5, 0.6) is 0 Å². The van der Waals surface area contributed by atoms with Gasteiger partial charge in [-0.1, -0.05) is 0 Å². The minimum Gasteiger partial charge on any atom is -0.337 e. The second-order valence-corrected chi connectivity index (χ2v) is 5.10. The molecule has 0 aromatic heterocycles. The van der Waals surface area contributed by atoms with Crippen LogP contribution in [0.4, 0.5) is 4.79 Å². The Kier molecular flexibility index (Phi) is 5.06. The zero-order valence-corrected chi connectivity index (χ0v) is 10.9. The van der Waals surface area contributed by atoms with E-state index in [0.29, 0.717) is 18.1 Å². The smallest absolute Gasteiger partial charge is 0.315 e. The maximum atomic E-state index is 11.4. The maximum Gasteiger partial charge on any atom is 0.315 e. The molecule has 0 saturated heterocycles. The summed E-state index contributed by atoms with van der Waals surface area (Å²) in [4.78, 5) is 13.7. The summed E-state index contributed by atoms with van der Waals surface area (Å²) in [7, 11) is 0. The van der Waals surface area contributed by atoms with Crippen molar-refractivity contribution in [3.63, 3.8) is 0 Å². The van der Waals surface area contributed by atoms with Gasteiger partial charge in [-0.05, 0) is 40.5 Å². The average molecular weight is 227 g/mol. The van der Waals surface area contributed by atoms with Crippen molar-refractivity contribution in [2.24, 2.45) is 0 Å². The molecule has 94 valence electrons. The molecule has 0 heterocycles. The van der Waals surface area contributed by atoms with Gasteiger partial charge in [-0.3, -0.25) is 4.90 Å². The molecule has 0 unspecified atom stereocenters. The number of hydrogen-bond donors (Lipinski definition) is 2. The molecule has 0 aromatic carbocycles. The molecule has 0 aliphatic heterocycles. The molecule has 1 rings (SSSR count). The van der Waals surface area contributed by atoms with Gasteiger partial charge in [-0.2, -0.15) is 0 Å². The van der Waals surface area contributed by atoms with E-state index in [1.165, 1.54) is 0 Å². The van der Waals surface area contributed by atoms with Crippen LogP contribution in [0, 0.1) is 0 Å². The van der Waals surface area contributed by atoms with E-state index < -0.39 is 0 Å². The molecule has 0 bridgehead atoms. The molecule has 1 aliphatic carbocycles. The zero-order chi connectivity index (χ0) is 12.1. The molecule has 4 heteroatoms. The highest BCUT2D eigenvalue weighted by atomic mass is 16.2. The van der Waals surface area contributed by atoms with E-state index in [2.05, 4.69) is 43.2 Å². The lowest BCUT2D eigenvalue weighted by atomic mass is 10.2. The molecule has 2 amide bonds. The van der Waals surface area contributed by atoms with E-state index in [1.54, 1.807) is 0 Å². The first kappa shape index (κ1) is 13.3. The Bertz CT molecular complexity index is 216. The Morgan fingerprint density at radius 1 is 1.25 bits per heavy atom. The topological polar surface area (TPSA) is 44.4 Å². The minimum absolute atomic E-state index is 0.0186. The fourth-order valence-electron chi connectivity index (χ4n) is 1.88. The van der Waals surface area contributed by atoms with E-state index in [0.717, 1.165) is 25.9 Å². The van der Waals surface area contributed by atoms with Gasteiger partial charge in [0.2, 0.25) is 0 Å². The number of rotatable bonds is 6. The summed E-state index contributed by atoms with van der Waals surface area (Å²) in [6.45, 7) is 10.4. The van der Waals surface area contributed by atoms with Crippen molar-refractivity contribution >= 4 is 6.03 Å². The maximum absolute atomic E-state index is 11.4. The fourth-order valence-corrected chi connectivity index (χ4v) is 1.88. The van der Waals surface area contributed by atoms with Crippen LogP contribution in [-0.4, -0.2) is 42.1 Å². The number of carbonyl (C=O) groups is 1. The van der Waals surface area contributed by atoms with Crippen molar-refractivity contribution in [2.75, 3.05) is 13.1 Å². The molecular weight excluding hydrogens is 202 g/mol. The van der Waals surface area contributed by atoms with Crippen LogP contribution in [0.1, 0.15) is 40.5 Å². The molecule has 0 aromatic rings. The van der Waals surface area contributed by atoms with Gasteiger partial charge in [0, 0.05) is 31.2 Å². The SMILES string of the molecule is CC(C)N(CCNC(=O)NC1CC1)C(C)C. The molecule has 1 aliphatic rings. The van der Waals surface area contributed by atoms with Crippen LogP contribution < -0.4 is 10.6 Å². The van der Waals surface area contributed by atoms with Gasteiger partial charge in [0.1, 0.15) is 0 Å². The molecular formula is C12H25N3O. The largest absolute Gasteiger partial charge is 0.337 e. The molecule has 0 atom stereocenters. The third-order valence-electron chi connectivity index (χ3n) is 2.89. The van der Waals surface area contributed by atoms with Gasteiger partial charge in [-0.15, -0.1) is 0 Å². The first-order chi connectivity index (χ1) is 7.50. The van der Waals surface area contributed by atoms with Crippen LogP contribution >= 0.6 is 0 Å². The Morgan fingerprint density at radius 2 is 1.81 bits per heavy atom. The minimum atomic E-state index is -0.0186. The highest BCUT2D eigenvalue weighted by Gasteiger charge is 2.23. The van der Waals surface area contributed by atoms with Crippen LogP contribution in [-0.2, 0) is 0 Å². The first-order valence-corrected chi connectivity index (χ1v) is 6.30. The highest BCUT2D eigenvalue weighted by molar-refractivity contribution is 5.74. The van der Waals surface area contributed by atoms with Gasteiger partial charge in [0.25, 0.3) is 0 Å². The number of urea groups is 1. The number of carbonyl (C=O) groups excluding carboxylic acids is 1. The van der Waals surface area contributed by atoms with E-state index in [-0.39, 0.29) is 6.03 Å². The van der Waals surface area contributed by atoms with Crippen molar-refractivity contribution in [1.29, 1.82) is 0 Å². The first-order valence-electron chi connectivity index (χ1n) is 6.30. The molecule has 0 spiro atoms. The molecule has 16 heavy (non-hydrogen) atoms. The third-order valence-corrected chi connectivity index (χ3v) is 2.89. The summed E-state index contributed by atoms with van der Waals surface area (Å²) in [5.41, 5.74) is 0. The van der Waals surface area contributed by atoms with Gasteiger partial charge >= 0.3 is 6.03 Å². The monoisotopic (exact) mass is 227 g/mol. The van der Waals surface area contributed by atoms with Crippen LogP contribution in [0.2, 0.25) is 0 Å². The summed E-state index contributed by atoms with van der Waals surface area (Å²) in [6, 6.07) is 1.46. The van der Waals surface area contributed by atoms with Crippen LogP contribution in [0.3, 0.4) is 0 Å². The summed E-state index contributed by atoms with van der Waals surface area (Å²) in [5, 5.41) is 5.82. The highest BCUT2D eigenvalue weighted by Crippen LogP contribution is 2.18. The average Bonchev–Trinajstić information content (AvgIpc) is 2.94. The van der Waals surface area contributed by atoms with E-state index in [1.807, 2.05) is 0 Å². The van der Waals surface area contributed by atoms with E-state index in [4.69, 9.17) is 0 Å². The summed E-state index contributed by atoms with van der Waals surface area (Å²) in [5.74, 6) is 0. The summed E-state index contributed by atoms with van der Waals surface area (Å²) < 4.78 is 0. The van der Waals surface area contributed by atoms with Crippen molar-refractivity contribution in [2.45, 2.75) is 58.7 Å². The molecule has 4 nitrogen and oxygen atoms in total. The van der Waals surface area contributed by atoms with Gasteiger partial charge in [0.05, 0.1) is 0 Å². The Balaban J connectivity index is 2.13. The quantitative estimate of drug-likeness (QED) is 0.723. The van der Waals surface area contributed by atoms with Crippen molar-refractivity contribution in [3.05, 3.63) is 0 Å². The number of nitrogens with zero attached hydrogens (tertiary/aromatic N) is 1. The summed E-state index contributed by atoms with van der Waals surface area (Å²) >= 11 is 0. The fraction of sp³-hybridized carbons (Fsp3) is 0.917. The molecule has 1 saturated carbocycles. The Labute approximate surface area is 98.8 Å². The zero-order valence-electron chi connectivity index (χ0n) is 10.9. The second-order valence-electron chi connectivity index (χ2n) is 5.10. The predicted octanol–water partition coefficient (Wildman–Crippen LogP) is 1.57. The van der Waals surface area contributed by atoms with Gasteiger partial charge in [-0.25, -0.2) is 4.79 Å². The third kappa shape index (κ3) is 4.84. The number of amides is 2. The predicted molar refractivity (Wildman–Crippen MR) is 66.5 cm³/mol. The standard InChI is InChI=1S/C12H25N3O/c1-9(2)15(10(3)4)8-7-13-12(16)14-11-5-6-11/h9-11H,5-8H2,1-4H3,(H2,13,14,16). The molecule has 0 radical (unpaired) electrons. The van der Waals surface area contributed by atoms with E-state index in [9.17, 15) is 4.79 Å². The summed E-state index contributed by atoms with van der Waals surface area (Å²) in [6.07, 6.45) is 2.27. The van der Waals surface area contributed by atoms with Crippen molar-refractivity contribution < 1.29 is 4.79 Å². The Morgan fingerprint density at radius 3 is 2.25 bits per heavy atom. The molecule has 1 fully saturated rings. The van der Waals surface area contributed by atoms with Gasteiger partial charge < -0.3 is 10.6 Å². The number of nitrogens with one attached hydrogen (secondary N) is 2. The Hall–Kier alpha value is -0.770. The molecule has 2 N–H and O–H groups in total. The van der Waals surface area contributed by atoms with Crippen molar-refractivity contribution in [1.82, 2.24) is 15.5 Å². The lowest BCUT2D eigenvalue weighted by Crippen LogP contribution is -2.45. The lowest BCUT2D eigenvalue weighted by Gasteiger charge is -2.30. The van der Waals surface area contributed by atoms with E-state index >= 15 is 0 Å².